The first-order chi connectivity index (χ1) is 7.59. The lowest BCUT2D eigenvalue weighted by Crippen LogP contribution is -2.57. The van der Waals surface area contributed by atoms with Crippen LogP contribution in [0.5, 0.6) is 0 Å². The first-order valence-corrected chi connectivity index (χ1v) is 6.38. The van der Waals surface area contributed by atoms with Crippen LogP contribution in [0.15, 0.2) is 0 Å². The van der Waals surface area contributed by atoms with Gasteiger partial charge in [-0.1, -0.05) is 0 Å². The molecule has 88 valence electrons. The van der Waals surface area contributed by atoms with Crippen molar-refractivity contribution in [2.24, 2.45) is 23.2 Å². The zero-order valence-electron chi connectivity index (χ0n) is 9.79. The van der Waals surface area contributed by atoms with Crippen LogP contribution in [-0.4, -0.2) is 18.2 Å². The number of ketones is 1. The number of carbonyl (C=O) groups is 2. The van der Waals surface area contributed by atoms with Crippen molar-refractivity contribution < 1.29 is 9.59 Å². The van der Waals surface area contributed by atoms with E-state index >= 15 is 0 Å². The molecule has 0 spiro atoms. The molecule has 0 saturated heterocycles. The fourth-order valence-electron chi connectivity index (χ4n) is 4.46. The van der Waals surface area contributed by atoms with E-state index in [4.69, 9.17) is 0 Å². The third-order valence-electron chi connectivity index (χ3n) is 4.83. The van der Waals surface area contributed by atoms with Gasteiger partial charge in [0.25, 0.3) is 0 Å². The Labute approximate surface area is 96.0 Å². The second-order valence-corrected chi connectivity index (χ2v) is 6.10. The van der Waals surface area contributed by atoms with Crippen LogP contribution in [0.4, 0.5) is 0 Å². The van der Waals surface area contributed by atoms with Crippen LogP contribution >= 0.6 is 0 Å². The minimum Gasteiger partial charge on any atom is -0.355 e. The number of carbonyl (C=O) groups excluding carboxylic acids is 2. The van der Waals surface area contributed by atoms with Gasteiger partial charge in [0.1, 0.15) is 5.78 Å². The van der Waals surface area contributed by atoms with E-state index in [9.17, 15) is 9.59 Å². The molecule has 4 fully saturated rings. The quantitative estimate of drug-likeness (QED) is 0.768. The number of hydrogen-bond donors (Lipinski definition) is 1. The highest BCUT2D eigenvalue weighted by Crippen LogP contribution is 2.57. The third kappa shape index (κ3) is 1.40. The maximum Gasteiger partial charge on any atom is 0.216 e. The van der Waals surface area contributed by atoms with E-state index in [1.807, 2.05) is 0 Å². The predicted molar refractivity (Wildman–Crippen MR) is 59.7 cm³/mol. The van der Waals surface area contributed by atoms with Crippen molar-refractivity contribution in [1.82, 2.24) is 5.32 Å². The van der Waals surface area contributed by atoms with Gasteiger partial charge in [-0.05, 0) is 43.9 Å². The molecule has 4 aliphatic rings. The van der Waals surface area contributed by atoms with Crippen molar-refractivity contribution >= 4 is 11.7 Å². The maximum absolute atomic E-state index is 12.4. The Hall–Kier alpha value is -0.860. The molecule has 3 nitrogen and oxygen atoms in total. The molecule has 0 aromatic rings. The normalized spacial score (nSPS) is 44.8. The van der Waals surface area contributed by atoms with E-state index in [0.29, 0.717) is 18.2 Å². The fraction of sp³-hybridized carbons (Fsp3) is 0.846. The van der Waals surface area contributed by atoms with Crippen LogP contribution in [0.25, 0.3) is 0 Å². The van der Waals surface area contributed by atoms with Gasteiger partial charge in [0, 0.05) is 24.8 Å². The SMILES string of the molecule is CC(=O)NCC12CC3CC(CC(C3)C1=O)C2. The summed E-state index contributed by atoms with van der Waals surface area (Å²) in [5, 5.41) is 2.87. The van der Waals surface area contributed by atoms with Crippen LogP contribution in [0, 0.1) is 23.2 Å². The fourth-order valence-corrected chi connectivity index (χ4v) is 4.46. The Morgan fingerprint density at radius 3 is 2.50 bits per heavy atom. The summed E-state index contributed by atoms with van der Waals surface area (Å²) in [7, 11) is 0. The monoisotopic (exact) mass is 221 g/mol. The van der Waals surface area contributed by atoms with Gasteiger partial charge in [0.2, 0.25) is 5.91 Å². The highest BCUT2D eigenvalue weighted by molar-refractivity contribution is 5.90. The van der Waals surface area contributed by atoms with Crippen LogP contribution < -0.4 is 5.32 Å². The first kappa shape index (κ1) is 10.3. The van der Waals surface area contributed by atoms with E-state index in [1.54, 1.807) is 0 Å². The Morgan fingerprint density at radius 2 is 1.94 bits per heavy atom. The molecule has 0 aromatic heterocycles. The third-order valence-corrected chi connectivity index (χ3v) is 4.83. The Kier molecular flexibility index (Phi) is 2.13. The lowest BCUT2D eigenvalue weighted by atomic mass is 9.49. The van der Waals surface area contributed by atoms with E-state index in [2.05, 4.69) is 5.32 Å². The number of hydrogen-bond acceptors (Lipinski definition) is 2. The van der Waals surface area contributed by atoms with E-state index in [-0.39, 0.29) is 11.3 Å². The van der Waals surface area contributed by atoms with E-state index < -0.39 is 0 Å². The molecule has 2 unspecified atom stereocenters. The summed E-state index contributed by atoms with van der Waals surface area (Å²) in [6.45, 7) is 2.12. The Balaban J connectivity index is 1.82. The molecular weight excluding hydrogens is 202 g/mol. The van der Waals surface area contributed by atoms with Crippen molar-refractivity contribution in [2.75, 3.05) is 6.54 Å². The molecule has 1 N–H and O–H groups in total. The standard InChI is InChI=1S/C13H19NO2/c1-8(15)14-7-13-5-9-2-10(6-13)4-11(3-9)12(13)16/h9-11H,2-7H2,1H3,(H,14,15). The number of nitrogens with one attached hydrogen (secondary N) is 1. The molecular formula is C13H19NO2. The van der Waals surface area contributed by atoms with Gasteiger partial charge in [0.05, 0.1) is 0 Å². The molecule has 4 rings (SSSR count). The summed E-state index contributed by atoms with van der Waals surface area (Å²) >= 11 is 0. The molecule has 0 heterocycles. The lowest BCUT2D eigenvalue weighted by Gasteiger charge is -2.55. The summed E-state index contributed by atoms with van der Waals surface area (Å²) < 4.78 is 0. The van der Waals surface area contributed by atoms with Gasteiger partial charge in [-0.15, -0.1) is 0 Å². The highest BCUT2D eigenvalue weighted by Gasteiger charge is 2.56. The average molecular weight is 221 g/mol. The minimum absolute atomic E-state index is 0.0106. The molecule has 16 heavy (non-hydrogen) atoms. The van der Waals surface area contributed by atoms with Crippen molar-refractivity contribution in [3.05, 3.63) is 0 Å². The van der Waals surface area contributed by atoms with Gasteiger partial charge in [-0.25, -0.2) is 0 Å². The zero-order chi connectivity index (χ0) is 11.3. The minimum atomic E-state index is -0.180. The Morgan fingerprint density at radius 1 is 1.31 bits per heavy atom. The number of amides is 1. The zero-order valence-corrected chi connectivity index (χ0v) is 9.79. The molecule has 1 amide bonds. The second-order valence-electron chi connectivity index (χ2n) is 6.10. The largest absolute Gasteiger partial charge is 0.355 e. The van der Waals surface area contributed by atoms with Gasteiger partial charge in [-0.3, -0.25) is 9.59 Å². The predicted octanol–water partition coefficient (Wildman–Crippen LogP) is 1.52. The van der Waals surface area contributed by atoms with Crippen LogP contribution in [0.2, 0.25) is 0 Å². The summed E-state index contributed by atoms with van der Waals surface area (Å²) in [6.07, 6.45) is 5.62. The first-order valence-electron chi connectivity index (χ1n) is 6.38. The molecule has 2 atom stereocenters. The Bertz CT molecular complexity index is 336. The van der Waals surface area contributed by atoms with Crippen molar-refractivity contribution in [3.63, 3.8) is 0 Å². The summed E-state index contributed by atoms with van der Waals surface area (Å²) in [5.74, 6) is 2.27. The summed E-state index contributed by atoms with van der Waals surface area (Å²) in [6, 6.07) is 0. The van der Waals surface area contributed by atoms with Crippen LogP contribution in [-0.2, 0) is 9.59 Å². The van der Waals surface area contributed by atoms with Gasteiger partial charge in [0.15, 0.2) is 0 Å². The molecule has 0 aliphatic heterocycles. The van der Waals surface area contributed by atoms with Crippen molar-refractivity contribution in [3.8, 4) is 0 Å². The molecule has 4 saturated carbocycles. The van der Waals surface area contributed by atoms with Gasteiger partial charge < -0.3 is 5.32 Å². The molecule has 4 aliphatic carbocycles. The highest BCUT2D eigenvalue weighted by atomic mass is 16.1. The summed E-state index contributed by atoms with van der Waals surface area (Å²) in [4.78, 5) is 23.4. The smallest absolute Gasteiger partial charge is 0.216 e. The van der Waals surface area contributed by atoms with Gasteiger partial charge >= 0.3 is 0 Å². The number of rotatable bonds is 2. The number of Topliss-reactive ketones (excluding diaryl/α,β-unsaturated/α-hetero) is 1. The molecule has 0 aromatic carbocycles. The molecule has 4 bridgehead atoms. The average Bonchev–Trinajstić information content (AvgIpc) is 2.22. The molecule has 0 radical (unpaired) electrons. The van der Waals surface area contributed by atoms with Crippen LogP contribution in [0.1, 0.15) is 39.0 Å². The summed E-state index contributed by atoms with van der Waals surface area (Å²) in [5.41, 5.74) is -0.180. The lowest BCUT2D eigenvalue weighted by molar-refractivity contribution is -0.152. The second kappa shape index (κ2) is 3.31. The topological polar surface area (TPSA) is 46.2 Å². The maximum atomic E-state index is 12.4. The van der Waals surface area contributed by atoms with Crippen LogP contribution in [0.3, 0.4) is 0 Å². The van der Waals surface area contributed by atoms with E-state index in [0.717, 1.165) is 37.5 Å². The van der Waals surface area contributed by atoms with Gasteiger partial charge in [-0.2, -0.15) is 0 Å². The van der Waals surface area contributed by atoms with E-state index in [1.165, 1.54) is 13.3 Å². The van der Waals surface area contributed by atoms with Crippen molar-refractivity contribution in [1.29, 1.82) is 0 Å². The van der Waals surface area contributed by atoms with Crippen molar-refractivity contribution in [2.45, 2.75) is 39.0 Å². The molecule has 3 heteroatoms.